The Morgan fingerprint density at radius 3 is 2.10 bits per heavy atom. The fraction of sp³-hybridized carbons (Fsp3) is 0.207. The number of oxime groups is 1. The molecule has 0 fully saturated rings. The number of rotatable bonds is 5. The van der Waals surface area contributed by atoms with E-state index in [-0.39, 0.29) is 22.8 Å². The summed E-state index contributed by atoms with van der Waals surface area (Å²) >= 11 is 0. The van der Waals surface area contributed by atoms with E-state index in [9.17, 15) is 35.9 Å². The average Bonchev–Trinajstić information content (AvgIpc) is 3.21. The van der Waals surface area contributed by atoms with Crippen molar-refractivity contribution in [2.45, 2.75) is 31.4 Å². The van der Waals surface area contributed by atoms with Gasteiger partial charge in [0.05, 0.1) is 22.9 Å². The zero-order chi connectivity index (χ0) is 30.4. The predicted octanol–water partition coefficient (Wildman–Crippen LogP) is 6.22. The molecule has 7 nitrogen and oxygen atoms in total. The van der Waals surface area contributed by atoms with Gasteiger partial charge in [0.25, 0.3) is 0 Å². The molecular weight excluding hydrogens is 566 g/mol. The topological polar surface area (TPSA) is 81.4 Å². The van der Waals surface area contributed by atoms with E-state index in [1.807, 2.05) is 6.07 Å². The molecule has 42 heavy (non-hydrogen) atoms. The Bertz CT molecular complexity index is 1780. The first kappa shape index (κ1) is 28.7. The Morgan fingerprint density at radius 1 is 0.881 bits per heavy atom. The van der Waals surface area contributed by atoms with E-state index >= 15 is 0 Å². The molecule has 0 saturated carbocycles. The molecule has 2 atom stereocenters. The molecule has 1 aliphatic rings. The molecule has 1 heterocycles. The highest BCUT2D eigenvalue weighted by atomic mass is 19.4. The van der Waals surface area contributed by atoms with E-state index in [4.69, 9.17) is 4.84 Å². The lowest BCUT2D eigenvalue weighted by Gasteiger charge is -2.28. The molecule has 0 amide bonds. The number of nitrogens with zero attached hydrogens (tertiary/aromatic N) is 3. The first-order chi connectivity index (χ1) is 19.8. The van der Waals surface area contributed by atoms with Crippen LogP contribution in [0.5, 0.6) is 0 Å². The van der Waals surface area contributed by atoms with Crippen LogP contribution in [-0.2, 0) is 24.2 Å². The van der Waals surface area contributed by atoms with Crippen LogP contribution in [0, 0.1) is 0 Å². The lowest BCUT2D eigenvalue weighted by atomic mass is 9.84. The van der Waals surface area contributed by atoms with E-state index in [1.54, 1.807) is 37.3 Å². The van der Waals surface area contributed by atoms with Gasteiger partial charge < -0.3 is 4.84 Å². The molecule has 0 bridgehead atoms. The molecule has 0 aliphatic heterocycles. The van der Waals surface area contributed by atoms with E-state index in [1.165, 1.54) is 31.3 Å². The summed E-state index contributed by atoms with van der Waals surface area (Å²) in [4.78, 5) is 30.7. The Balaban J connectivity index is 1.72. The SMILES string of the molecule is C/C(=N\O[C@@H]1C=C[C@H](n2[nH]c(=O)n(C)c2=O)c2cccc(-c3cc(C(F)(F)F)cc(C(F)(F)F)c3)c21)c1ccccc1. The molecule has 1 N–H and O–H groups in total. The van der Waals surface area contributed by atoms with Gasteiger partial charge in [-0.15, -0.1) is 0 Å². The second-order valence-corrected chi connectivity index (χ2v) is 9.63. The van der Waals surface area contributed by atoms with Crippen LogP contribution >= 0.6 is 0 Å². The summed E-state index contributed by atoms with van der Waals surface area (Å²) in [5.41, 5.74) is -3.06. The van der Waals surface area contributed by atoms with Crippen molar-refractivity contribution in [3.8, 4) is 11.1 Å². The zero-order valence-corrected chi connectivity index (χ0v) is 22.0. The van der Waals surface area contributed by atoms with Crippen LogP contribution < -0.4 is 11.4 Å². The number of allylic oxidation sites excluding steroid dienone is 1. The molecular formula is C29H22F6N4O3. The van der Waals surface area contributed by atoms with Crippen LogP contribution in [0.15, 0.2) is 93.6 Å². The van der Waals surface area contributed by atoms with Crippen molar-refractivity contribution in [3.05, 3.63) is 128 Å². The smallest absolute Gasteiger partial charge is 0.383 e. The number of hydrogen-bond donors (Lipinski definition) is 1. The first-order valence-corrected chi connectivity index (χ1v) is 12.5. The van der Waals surface area contributed by atoms with Gasteiger partial charge in [0.15, 0.2) is 6.10 Å². The van der Waals surface area contributed by atoms with Gasteiger partial charge in [-0.25, -0.2) is 23.9 Å². The monoisotopic (exact) mass is 588 g/mol. The second-order valence-electron chi connectivity index (χ2n) is 9.63. The molecule has 5 rings (SSSR count). The molecule has 1 aliphatic carbocycles. The van der Waals surface area contributed by atoms with Crippen molar-refractivity contribution in [2.75, 3.05) is 0 Å². The number of hydrogen-bond acceptors (Lipinski definition) is 4. The van der Waals surface area contributed by atoms with E-state index in [0.29, 0.717) is 23.4 Å². The van der Waals surface area contributed by atoms with Gasteiger partial charge in [-0.3, -0.25) is 0 Å². The highest BCUT2D eigenvalue weighted by Gasteiger charge is 2.38. The fourth-order valence-electron chi connectivity index (χ4n) is 4.77. The highest BCUT2D eigenvalue weighted by Crippen LogP contribution is 2.44. The van der Waals surface area contributed by atoms with Gasteiger partial charge in [0.2, 0.25) is 0 Å². The first-order valence-electron chi connectivity index (χ1n) is 12.5. The molecule has 0 spiro atoms. The third-order valence-electron chi connectivity index (χ3n) is 6.90. The van der Waals surface area contributed by atoms with Crippen LogP contribution in [0.1, 0.15) is 46.9 Å². The van der Waals surface area contributed by atoms with Crippen molar-refractivity contribution < 1.29 is 31.2 Å². The maximum absolute atomic E-state index is 13.7. The summed E-state index contributed by atoms with van der Waals surface area (Å²) in [6.45, 7) is 1.67. The Morgan fingerprint density at radius 2 is 1.52 bits per heavy atom. The van der Waals surface area contributed by atoms with Crippen LogP contribution in [0.3, 0.4) is 0 Å². The Labute approximate surface area is 234 Å². The van der Waals surface area contributed by atoms with Crippen molar-refractivity contribution >= 4 is 5.71 Å². The van der Waals surface area contributed by atoms with Gasteiger partial charge in [-0.05, 0) is 53.5 Å². The molecule has 4 aromatic rings. The third kappa shape index (κ3) is 5.41. The molecule has 0 unspecified atom stereocenters. The molecule has 218 valence electrons. The van der Waals surface area contributed by atoms with Gasteiger partial charge >= 0.3 is 23.7 Å². The van der Waals surface area contributed by atoms with Crippen LogP contribution in [0.25, 0.3) is 11.1 Å². The van der Waals surface area contributed by atoms with Crippen molar-refractivity contribution in [2.24, 2.45) is 12.2 Å². The Hall–Kier alpha value is -4.81. The maximum atomic E-state index is 13.7. The third-order valence-corrected chi connectivity index (χ3v) is 6.90. The zero-order valence-electron chi connectivity index (χ0n) is 22.0. The minimum absolute atomic E-state index is 0.00217. The number of fused-ring (bicyclic) bond motifs is 1. The Kier molecular flexibility index (Phi) is 7.21. The minimum atomic E-state index is -5.06. The number of aromatic nitrogens is 3. The summed E-state index contributed by atoms with van der Waals surface area (Å²) in [5.74, 6) is 0. The maximum Gasteiger partial charge on any atom is 0.416 e. The number of alkyl halides is 6. The molecule has 1 aromatic heterocycles. The quantitative estimate of drug-likeness (QED) is 0.130. The standard InChI is InChI=1S/C29H22F6N4O3/c1-16(17-7-4-3-5-8-17)37-42-24-12-11-23(39-27(41)38(2)26(40)36-39)22-10-6-9-21(25(22)24)18-13-19(28(30,31)32)15-20(14-18)29(33,34)35/h3-15,23-24H,1-2H3,(H,36,40)/b37-16+/t23-,24+/m0/s1. The van der Waals surface area contributed by atoms with E-state index in [2.05, 4.69) is 10.3 Å². The number of aromatic amines is 1. The normalized spacial score (nSPS) is 17.3. The van der Waals surface area contributed by atoms with Crippen LogP contribution in [0.2, 0.25) is 0 Å². The second kappa shape index (κ2) is 10.5. The van der Waals surface area contributed by atoms with Crippen molar-refractivity contribution in [1.82, 2.24) is 14.3 Å². The summed E-state index contributed by atoms with van der Waals surface area (Å²) < 4.78 is 84.1. The van der Waals surface area contributed by atoms with Crippen molar-refractivity contribution in [1.29, 1.82) is 0 Å². The lowest BCUT2D eigenvalue weighted by Crippen LogP contribution is -2.30. The van der Waals surface area contributed by atoms with Crippen LogP contribution in [0.4, 0.5) is 26.3 Å². The van der Waals surface area contributed by atoms with Gasteiger partial charge in [0, 0.05) is 12.6 Å². The number of H-pyrrole nitrogens is 1. The lowest BCUT2D eigenvalue weighted by molar-refractivity contribution is -0.143. The van der Waals surface area contributed by atoms with Gasteiger partial charge in [0.1, 0.15) is 0 Å². The summed E-state index contributed by atoms with van der Waals surface area (Å²) in [5, 5.41) is 6.60. The average molecular weight is 589 g/mol. The fourth-order valence-corrected chi connectivity index (χ4v) is 4.77. The van der Waals surface area contributed by atoms with Crippen molar-refractivity contribution in [3.63, 3.8) is 0 Å². The molecule has 3 aromatic carbocycles. The summed E-state index contributed by atoms with van der Waals surface area (Å²) in [6.07, 6.45) is -8.17. The summed E-state index contributed by atoms with van der Waals surface area (Å²) in [7, 11) is 1.26. The number of benzene rings is 3. The molecule has 13 heteroatoms. The largest absolute Gasteiger partial charge is 0.416 e. The number of nitrogens with one attached hydrogen (secondary N) is 1. The minimum Gasteiger partial charge on any atom is -0.383 e. The van der Waals surface area contributed by atoms with E-state index < -0.39 is 47.0 Å². The predicted molar refractivity (Wildman–Crippen MR) is 142 cm³/mol. The highest BCUT2D eigenvalue weighted by molar-refractivity contribution is 5.98. The molecule has 0 radical (unpaired) electrons. The molecule has 0 saturated heterocycles. The van der Waals surface area contributed by atoms with Crippen LogP contribution in [-0.4, -0.2) is 20.1 Å². The number of halogens is 6. The van der Waals surface area contributed by atoms with Gasteiger partial charge in [-0.2, -0.15) is 26.3 Å². The van der Waals surface area contributed by atoms with Gasteiger partial charge in [-0.1, -0.05) is 59.8 Å². The summed E-state index contributed by atoms with van der Waals surface area (Å²) in [6, 6.07) is 13.7. The van der Waals surface area contributed by atoms with E-state index in [0.717, 1.165) is 14.8 Å².